The minimum atomic E-state index is -2.50. The summed E-state index contributed by atoms with van der Waals surface area (Å²) in [5, 5.41) is 4.85. The number of halogens is 2. The average molecular weight is 355 g/mol. The van der Waals surface area contributed by atoms with Crippen LogP contribution in [0.3, 0.4) is 0 Å². The molecule has 0 aliphatic carbocycles. The molecule has 1 spiro atoms. The first-order valence-corrected chi connectivity index (χ1v) is 8.25. The summed E-state index contributed by atoms with van der Waals surface area (Å²) in [6, 6.07) is 5.50. The maximum atomic E-state index is 12.5. The number of thioether (sulfide) groups is 1. The molecule has 0 aromatic heterocycles. The van der Waals surface area contributed by atoms with Crippen LogP contribution < -0.4 is 10.6 Å². The number of likely N-dealkylation sites (tertiary alicyclic amines) is 1. The van der Waals surface area contributed by atoms with Gasteiger partial charge in [0.15, 0.2) is 0 Å². The molecule has 0 unspecified atom stereocenters. The lowest BCUT2D eigenvalue weighted by Crippen LogP contribution is -2.55. The van der Waals surface area contributed by atoms with Gasteiger partial charge < -0.3 is 10.2 Å². The van der Waals surface area contributed by atoms with Gasteiger partial charge in [-0.25, -0.2) is 4.79 Å². The summed E-state index contributed by atoms with van der Waals surface area (Å²) in [6.07, 6.45) is 0.686. The highest BCUT2D eigenvalue weighted by Gasteiger charge is 2.48. The molecule has 2 heterocycles. The second kappa shape index (κ2) is 6.39. The molecule has 24 heavy (non-hydrogen) atoms. The Hall–Kier alpha value is -2.16. The number of urea groups is 1. The molecule has 0 radical (unpaired) electrons. The first-order valence-electron chi connectivity index (χ1n) is 7.37. The van der Waals surface area contributed by atoms with Gasteiger partial charge in [0.25, 0.3) is 17.6 Å². The van der Waals surface area contributed by atoms with Crippen molar-refractivity contribution < 1.29 is 23.2 Å². The fraction of sp³-hybridized carbons (Fsp3) is 0.400. The summed E-state index contributed by atoms with van der Waals surface area (Å²) in [6.45, 7) is 0.667. The number of hydrogen-bond donors (Lipinski definition) is 2. The second-order valence-corrected chi connectivity index (χ2v) is 6.75. The first-order chi connectivity index (χ1) is 11.4. The molecular formula is C15H15F2N3O3S. The lowest BCUT2D eigenvalue weighted by atomic mass is 9.87. The van der Waals surface area contributed by atoms with E-state index in [9.17, 15) is 23.2 Å². The van der Waals surface area contributed by atoms with Crippen LogP contribution in [0, 0.1) is 0 Å². The van der Waals surface area contributed by atoms with Crippen LogP contribution in [-0.2, 0) is 4.79 Å². The van der Waals surface area contributed by atoms with Crippen LogP contribution in [-0.4, -0.2) is 47.1 Å². The van der Waals surface area contributed by atoms with Gasteiger partial charge in [0.1, 0.15) is 5.54 Å². The maximum absolute atomic E-state index is 12.5. The molecule has 128 valence electrons. The van der Waals surface area contributed by atoms with Gasteiger partial charge in [-0.3, -0.25) is 14.9 Å². The Morgan fingerprint density at radius 1 is 1.17 bits per heavy atom. The van der Waals surface area contributed by atoms with Crippen LogP contribution in [0.25, 0.3) is 0 Å². The molecule has 4 amide bonds. The normalized spacial score (nSPS) is 19.5. The van der Waals surface area contributed by atoms with Crippen LogP contribution in [0.1, 0.15) is 23.2 Å². The average Bonchev–Trinajstić information content (AvgIpc) is 2.81. The number of amides is 4. The molecule has 2 N–H and O–H groups in total. The number of imide groups is 1. The number of rotatable bonds is 3. The number of benzene rings is 1. The summed E-state index contributed by atoms with van der Waals surface area (Å²) >= 11 is 0.425. The third-order valence-electron chi connectivity index (χ3n) is 4.25. The van der Waals surface area contributed by atoms with Gasteiger partial charge in [0.2, 0.25) is 0 Å². The summed E-state index contributed by atoms with van der Waals surface area (Å²) < 4.78 is 24.6. The van der Waals surface area contributed by atoms with E-state index in [0.29, 0.717) is 48.2 Å². The van der Waals surface area contributed by atoms with Gasteiger partial charge in [-0.2, -0.15) is 8.78 Å². The van der Waals surface area contributed by atoms with Crippen molar-refractivity contribution in [2.24, 2.45) is 0 Å². The number of hydrogen-bond acceptors (Lipinski definition) is 4. The molecule has 2 aliphatic heterocycles. The Morgan fingerprint density at radius 3 is 2.29 bits per heavy atom. The Labute approximate surface area is 141 Å². The predicted octanol–water partition coefficient (Wildman–Crippen LogP) is 1.82. The van der Waals surface area contributed by atoms with Gasteiger partial charge >= 0.3 is 6.03 Å². The fourth-order valence-corrected chi connectivity index (χ4v) is 3.43. The van der Waals surface area contributed by atoms with E-state index in [2.05, 4.69) is 10.6 Å². The van der Waals surface area contributed by atoms with Crippen molar-refractivity contribution in [1.82, 2.24) is 15.5 Å². The highest BCUT2D eigenvalue weighted by molar-refractivity contribution is 7.99. The van der Waals surface area contributed by atoms with Gasteiger partial charge in [-0.05, 0) is 37.1 Å². The molecule has 6 nitrogen and oxygen atoms in total. The Bertz CT molecular complexity index is 673. The second-order valence-electron chi connectivity index (χ2n) is 5.69. The Kier molecular flexibility index (Phi) is 4.44. The smallest absolute Gasteiger partial charge is 0.322 e. The lowest BCUT2D eigenvalue weighted by molar-refractivity contribution is -0.125. The van der Waals surface area contributed by atoms with Crippen molar-refractivity contribution >= 4 is 29.6 Å². The fourth-order valence-electron chi connectivity index (χ4n) is 2.93. The SMILES string of the molecule is O=C1NC(=O)C2(CCN(C(=O)c3ccc(SC(F)F)cc3)CC2)N1. The van der Waals surface area contributed by atoms with E-state index in [0.717, 1.165) is 0 Å². The van der Waals surface area contributed by atoms with Gasteiger partial charge in [0, 0.05) is 23.5 Å². The molecule has 3 rings (SSSR count). The molecule has 9 heteroatoms. The largest absolute Gasteiger partial charge is 0.338 e. The van der Waals surface area contributed by atoms with Gasteiger partial charge in [0.05, 0.1) is 0 Å². The molecule has 2 saturated heterocycles. The Balaban J connectivity index is 1.63. The highest BCUT2D eigenvalue weighted by atomic mass is 32.2. The third-order valence-corrected chi connectivity index (χ3v) is 4.97. The van der Waals surface area contributed by atoms with Crippen molar-refractivity contribution in [3.63, 3.8) is 0 Å². The van der Waals surface area contributed by atoms with E-state index in [1.807, 2.05) is 0 Å². The summed E-state index contributed by atoms with van der Waals surface area (Å²) in [5.74, 6) is -3.08. The minimum Gasteiger partial charge on any atom is -0.338 e. The zero-order valence-corrected chi connectivity index (χ0v) is 13.4. The van der Waals surface area contributed by atoms with E-state index < -0.39 is 17.3 Å². The number of piperidine rings is 1. The lowest BCUT2D eigenvalue weighted by Gasteiger charge is -2.37. The number of alkyl halides is 2. The number of nitrogens with one attached hydrogen (secondary N) is 2. The first kappa shape index (κ1) is 16.7. The predicted molar refractivity (Wildman–Crippen MR) is 82.8 cm³/mol. The summed E-state index contributed by atoms with van der Waals surface area (Å²) in [5.41, 5.74) is -0.518. The molecule has 2 aliphatic rings. The monoisotopic (exact) mass is 355 g/mol. The van der Waals surface area contributed by atoms with Crippen LogP contribution in [0.4, 0.5) is 13.6 Å². The van der Waals surface area contributed by atoms with Crippen LogP contribution in [0.15, 0.2) is 29.2 Å². The standard InChI is InChI=1S/C15H15F2N3O3S/c16-13(17)24-10-3-1-9(2-4-10)11(21)20-7-5-15(6-8-20)12(22)18-14(23)19-15/h1-4,13H,5-8H2,(H2,18,19,22,23). The van der Waals surface area contributed by atoms with Crippen molar-refractivity contribution in [2.45, 2.75) is 29.0 Å². The topological polar surface area (TPSA) is 78.5 Å². The zero-order chi connectivity index (χ0) is 17.3. The summed E-state index contributed by atoms with van der Waals surface area (Å²) in [4.78, 5) is 37.6. The molecule has 1 aromatic carbocycles. The van der Waals surface area contributed by atoms with E-state index >= 15 is 0 Å². The van der Waals surface area contributed by atoms with E-state index in [4.69, 9.17) is 0 Å². The minimum absolute atomic E-state index is 0.219. The number of carbonyl (C=O) groups is 3. The van der Waals surface area contributed by atoms with E-state index in [1.54, 1.807) is 4.90 Å². The molecule has 0 bridgehead atoms. The Morgan fingerprint density at radius 2 is 1.79 bits per heavy atom. The molecule has 0 atom stereocenters. The molecule has 1 aromatic rings. The third kappa shape index (κ3) is 3.21. The van der Waals surface area contributed by atoms with Crippen LogP contribution >= 0.6 is 11.8 Å². The van der Waals surface area contributed by atoms with Gasteiger partial charge in [-0.1, -0.05) is 11.8 Å². The highest BCUT2D eigenvalue weighted by Crippen LogP contribution is 2.28. The molecule has 2 fully saturated rings. The quantitative estimate of drug-likeness (QED) is 0.640. The van der Waals surface area contributed by atoms with E-state index in [-0.39, 0.29) is 11.8 Å². The summed E-state index contributed by atoms with van der Waals surface area (Å²) in [7, 11) is 0. The zero-order valence-electron chi connectivity index (χ0n) is 12.6. The van der Waals surface area contributed by atoms with Crippen LogP contribution in [0.2, 0.25) is 0 Å². The molecular weight excluding hydrogens is 340 g/mol. The molecule has 0 saturated carbocycles. The van der Waals surface area contributed by atoms with Crippen molar-refractivity contribution in [3.8, 4) is 0 Å². The van der Waals surface area contributed by atoms with Gasteiger partial charge in [-0.15, -0.1) is 0 Å². The van der Waals surface area contributed by atoms with Crippen molar-refractivity contribution in [1.29, 1.82) is 0 Å². The van der Waals surface area contributed by atoms with E-state index in [1.165, 1.54) is 24.3 Å². The van der Waals surface area contributed by atoms with Crippen LogP contribution in [0.5, 0.6) is 0 Å². The van der Waals surface area contributed by atoms with Crippen molar-refractivity contribution in [2.75, 3.05) is 13.1 Å². The maximum Gasteiger partial charge on any atom is 0.322 e. The number of carbonyl (C=O) groups excluding carboxylic acids is 3. The van der Waals surface area contributed by atoms with Crippen molar-refractivity contribution in [3.05, 3.63) is 29.8 Å². The number of nitrogens with zero attached hydrogens (tertiary/aromatic N) is 1.